The summed E-state index contributed by atoms with van der Waals surface area (Å²) in [6, 6.07) is 13.5. The highest BCUT2D eigenvalue weighted by atomic mass is 79.9. The second-order valence-corrected chi connectivity index (χ2v) is 9.29. The lowest BCUT2D eigenvalue weighted by molar-refractivity contribution is -0.552. The first-order valence-electron chi connectivity index (χ1n) is 9.79. The fourth-order valence-electron chi connectivity index (χ4n) is 3.20. The van der Waals surface area contributed by atoms with Crippen molar-refractivity contribution in [3.63, 3.8) is 0 Å². The molecule has 0 radical (unpaired) electrons. The maximum Gasteiger partial charge on any atom is 0.335 e. The van der Waals surface area contributed by atoms with Crippen molar-refractivity contribution in [1.82, 2.24) is 9.80 Å². The van der Waals surface area contributed by atoms with E-state index in [1.54, 1.807) is 23.0 Å². The Morgan fingerprint density at radius 1 is 1.16 bits per heavy atom. The largest absolute Gasteiger partial charge is 0.478 e. The van der Waals surface area contributed by atoms with Crippen molar-refractivity contribution < 1.29 is 19.6 Å². The van der Waals surface area contributed by atoms with E-state index in [1.165, 1.54) is 36.0 Å². The molecule has 0 spiro atoms. The van der Waals surface area contributed by atoms with Crippen LogP contribution in [0.15, 0.2) is 64.1 Å². The monoisotopic (exact) mass is 519 g/mol. The average Bonchev–Trinajstić information content (AvgIpc) is 2.78. The predicted octanol–water partition coefficient (Wildman–Crippen LogP) is 3.96. The third kappa shape index (κ3) is 6.18. The molecule has 168 valence electrons. The number of nitrogens with zero attached hydrogens (tertiary/aromatic N) is 3. The molecule has 8 nitrogen and oxygen atoms in total. The molecule has 0 aliphatic carbocycles. The van der Waals surface area contributed by atoms with Gasteiger partial charge in [-0.2, -0.15) is 0 Å². The Morgan fingerprint density at radius 2 is 1.78 bits per heavy atom. The van der Waals surface area contributed by atoms with Crippen LogP contribution in [0.5, 0.6) is 0 Å². The zero-order valence-corrected chi connectivity index (χ0v) is 19.7. The van der Waals surface area contributed by atoms with Gasteiger partial charge in [0.15, 0.2) is 0 Å². The lowest BCUT2D eigenvalue weighted by atomic mass is 10.1. The van der Waals surface area contributed by atoms with Gasteiger partial charge in [-0.25, -0.2) is 9.69 Å². The number of nitro groups is 1. The zero-order valence-electron chi connectivity index (χ0n) is 17.3. The Labute approximate surface area is 198 Å². The van der Waals surface area contributed by atoms with Gasteiger partial charge < -0.3 is 10.0 Å². The highest BCUT2D eigenvalue weighted by molar-refractivity contribution is 9.10. The van der Waals surface area contributed by atoms with Gasteiger partial charge in [0.2, 0.25) is 5.78 Å². The van der Waals surface area contributed by atoms with Gasteiger partial charge in [0.05, 0.1) is 10.5 Å². The minimum atomic E-state index is -1.06. The minimum absolute atomic E-state index is 0.0995. The van der Waals surface area contributed by atoms with Crippen LogP contribution in [0.1, 0.15) is 26.3 Å². The van der Waals surface area contributed by atoms with Crippen molar-refractivity contribution in [3.05, 3.63) is 90.9 Å². The first-order valence-corrected chi connectivity index (χ1v) is 11.6. The van der Waals surface area contributed by atoms with Crippen LogP contribution in [0.25, 0.3) is 0 Å². The van der Waals surface area contributed by atoms with Gasteiger partial charge in [-0.15, -0.1) is 11.8 Å². The van der Waals surface area contributed by atoms with Crippen LogP contribution in [-0.2, 0) is 5.75 Å². The number of benzene rings is 2. The number of allylic oxidation sites excluding steroid dienone is 1. The van der Waals surface area contributed by atoms with Crippen molar-refractivity contribution in [2.24, 2.45) is 0 Å². The highest BCUT2D eigenvalue weighted by Gasteiger charge is 2.32. The summed E-state index contributed by atoms with van der Waals surface area (Å²) in [5.74, 6) is -0.766. The summed E-state index contributed by atoms with van der Waals surface area (Å²) in [6.07, 6.45) is 0.850. The molecule has 1 saturated heterocycles. The number of carbonyl (C=O) groups excluding carboxylic acids is 1. The van der Waals surface area contributed by atoms with Crippen LogP contribution in [0, 0.1) is 10.1 Å². The summed E-state index contributed by atoms with van der Waals surface area (Å²) in [5.41, 5.74) is 1.49. The Kier molecular flexibility index (Phi) is 8.05. The summed E-state index contributed by atoms with van der Waals surface area (Å²) in [5, 5.41) is 20.5. The van der Waals surface area contributed by atoms with E-state index in [2.05, 4.69) is 15.9 Å². The number of carboxylic acids is 1. The lowest BCUT2D eigenvalue weighted by Gasteiger charge is -2.34. The molecular weight excluding hydrogens is 498 g/mol. The summed E-state index contributed by atoms with van der Waals surface area (Å²) in [7, 11) is 1.72. The van der Waals surface area contributed by atoms with Crippen LogP contribution < -0.4 is 0 Å². The van der Waals surface area contributed by atoms with Crippen molar-refractivity contribution in [2.75, 3.05) is 26.7 Å². The maximum absolute atomic E-state index is 13.2. The number of halogens is 1. The minimum Gasteiger partial charge on any atom is -0.478 e. The summed E-state index contributed by atoms with van der Waals surface area (Å²) < 4.78 is 0.958. The SMILES string of the molecule is CN1CCN(/C=C(/SCc2ccc(Br)cc2)C(=O)c2ccc(C(=O)O)cc2)CC1[N+](=O)[O-]. The number of likely N-dealkylation sites (N-methyl/N-ethyl adjacent to an activating group) is 1. The molecule has 1 aliphatic rings. The number of Topliss-reactive ketones (excluding diaryl/α,β-unsaturated/α-hetero) is 1. The van der Waals surface area contributed by atoms with Crippen LogP contribution >= 0.6 is 27.7 Å². The molecule has 1 N–H and O–H groups in total. The van der Waals surface area contributed by atoms with Crippen molar-refractivity contribution in [3.8, 4) is 0 Å². The second kappa shape index (κ2) is 10.8. The van der Waals surface area contributed by atoms with Gasteiger partial charge in [-0.3, -0.25) is 14.9 Å². The first kappa shape index (κ1) is 24.0. The van der Waals surface area contributed by atoms with E-state index < -0.39 is 12.1 Å². The van der Waals surface area contributed by atoms with Crippen LogP contribution in [0.3, 0.4) is 0 Å². The van der Waals surface area contributed by atoms with Gasteiger partial charge >= 0.3 is 5.97 Å². The first-order chi connectivity index (χ1) is 15.2. The van der Waals surface area contributed by atoms with Crippen LogP contribution in [0.4, 0.5) is 0 Å². The molecule has 0 amide bonds. The molecule has 1 unspecified atom stereocenters. The summed E-state index contributed by atoms with van der Waals surface area (Å²) >= 11 is 4.76. The number of ketones is 1. The molecule has 0 aromatic heterocycles. The summed E-state index contributed by atoms with van der Waals surface area (Å²) in [4.78, 5) is 39.3. The molecule has 0 bridgehead atoms. The van der Waals surface area contributed by atoms with E-state index in [1.807, 2.05) is 24.3 Å². The zero-order chi connectivity index (χ0) is 23.3. The standard InChI is InChI=1S/C22H22BrN3O5S/c1-24-10-11-25(13-20(24)26(30)31)12-19(32-14-15-2-8-18(23)9-3-15)21(27)16-4-6-17(7-5-16)22(28)29/h2-9,12,20H,10-11,13-14H2,1H3,(H,28,29)/b19-12+. The Morgan fingerprint density at radius 3 is 2.38 bits per heavy atom. The van der Waals surface area contributed by atoms with Crippen molar-refractivity contribution in [2.45, 2.75) is 11.9 Å². The van der Waals surface area contributed by atoms with Crippen molar-refractivity contribution >= 4 is 39.4 Å². The quantitative estimate of drug-likeness (QED) is 0.242. The molecule has 3 rings (SSSR count). The molecule has 0 saturated carbocycles. The number of aromatic carboxylic acids is 1. The van der Waals surface area contributed by atoms with E-state index in [4.69, 9.17) is 5.11 Å². The number of carbonyl (C=O) groups is 2. The number of carboxylic acid groups (broad SMARTS) is 1. The van der Waals surface area contributed by atoms with Gasteiger partial charge in [-0.05, 0) is 36.9 Å². The molecule has 1 heterocycles. The van der Waals surface area contributed by atoms with Crippen LogP contribution in [-0.4, -0.2) is 64.4 Å². The third-order valence-corrected chi connectivity index (χ3v) is 6.72. The van der Waals surface area contributed by atoms with E-state index in [9.17, 15) is 19.7 Å². The maximum atomic E-state index is 13.2. The van der Waals surface area contributed by atoms with E-state index in [0.29, 0.717) is 29.3 Å². The molecule has 10 heteroatoms. The molecular formula is C22H22BrN3O5S. The van der Waals surface area contributed by atoms with Gasteiger partial charge in [0.25, 0.3) is 6.17 Å². The van der Waals surface area contributed by atoms with Crippen molar-refractivity contribution in [1.29, 1.82) is 0 Å². The van der Waals surface area contributed by atoms with Gasteiger partial charge in [-0.1, -0.05) is 40.2 Å². The summed E-state index contributed by atoms with van der Waals surface area (Å²) in [6.45, 7) is 1.25. The molecule has 32 heavy (non-hydrogen) atoms. The van der Waals surface area contributed by atoms with E-state index in [0.717, 1.165) is 10.0 Å². The normalized spacial score (nSPS) is 17.2. The number of hydrogen-bond acceptors (Lipinski definition) is 7. The molecule has 2 aromatic carbocycles. The molecule has 1 aliphatic heterocycles. The predicted molar refractivity (Wildman–Crippen MR) is 126 cm³/mol. The second-order valence-electron chi connectivity index (χ2n) is 7.36. The van der Waals surface area contributed by atoms with Gasteiger partial charge in [0, 0.05) is 40.0 Å². The Balaban J connectivity index is 1.84. The number of rotatable bonds is 8. The molecule has 1 fully saturated rings. The molecule has 1 atom stereocenters. The third-order valence-electron chi connectivity index (χ3n) is 5.12. The Hall–Kier alpha value is -2.69. The fourth-order valence-corrected chi connectivity index (χ4v) is 4.45. The van der Waals surface area contributed by atoms with E-state index in [-0.39, 0.29) is 22.8 Å². The molecule has 2 aromatic rings. The van der Waals surface area contributed by atoms with Gasteiger partial charge in [0.1, 0.15) is 6.54 Å². The number of hydrogen-bond donors (Lipinski definition) is 1. The topological polar surface area (TPSA) is 104 Å². The number of piperazine rings is 1. The van der Waals surface area contributed by atoms with Crippen LogP contribution in [0.2, 0.25) is 0 Å². The Bertz CT molecular complexity index is 1030. The van der Waals surface area contributed by atoms with E-state index >= 15 is 0 Å². The fraction of sp³-hybridized carbons (Fsp3) is 0.273. The highest BCUT2D eigenvalue weighted by Crippen LogP contribution is 2.27. The average molecular weight is 520 g/mol. The lowest BCUT2D eigenvalue weighted by Crippen LogP contribution is -2.53. The number of thioether (sulfide) groups is 1. The smallest absolute Gasteiger partial charge is 0.335 e.